The van der Waals surface area contributed by atoms with Crippen LogP contribution in [0, 0.1) is 5.92 Å². The Balaban J connectivity index is 1.84. The van der Waals surface area contributed by atoms with Crippen LogP contribution in [-0.2, 0) is 0 Å². The average molecular weight is 216 g/mol. The molecule has 16 heavy (non-hydrogen) atoms. The maximum absolute atomic E-state index is 4.31. The maximum Gasteiger partial charge on any atom is 0.134 e. The van der Waals surface area contributed by atoms with Gasteiger partial charge in [-0.1, -0.05) is 12.8 Å². The number of hydrogen-bond acceptors (Lipinski definition) is 3. The average Bonchev–Trinajstić information content (AvgIpc) is 2.98. The monoisotopic (exact) mass is 216 g/mol. The molecule has 3 unspecified atom stereocenters. The van der Waals surface area contributed by atoms with Gasteiger partial charge in [-0.25, -0.2) is 4.98 Å². The minimum atomic E-state index is 0.467. The van der Waals surface area contributed by atoms with Gasteiger partial charge in [-0.3, -0.25) is 0 Å². The first kappa shape index (κ1) is 8.67. The van der Waals surface area contributed by atoms with Crippen molar-refractivity contribution < 1.29 is 0 Å². The van der Waals surface area contributed by atoms with Gasteiger partial charge < -0.3 is 14.8 Å². The van der Waals surface area contributed by atoms with Crippen molar-refractivity contribution >= 4 is 5.82 Å². The van der Waals surface area contributed by atoms with Crippen LogP contribution in [0.1, 0.15) is 31.7 Å². The molecule has 0 spiro atoms. The van der Waals surface area contributed by atoms with Crippen molar-refractivity contribution in [3.8, 4) is 0 Å². The lowest BCUT2D eigenvalue weighted by molar-refractivity contribution is 0.179. The third-order valence-electron chi connectivity index (χ3n) is 4.26. The highest BCUT2D eigenvalue weighted by Crippen LogP contribution is 2.44. The zero-order valence-electron chi connectivity index (χ0n) is 9.21. The number of nitrogens with one attached hydrogen (secondary N) is 1. The van der Waals surface area contributed by atoms with E-state index in [4.69, 9.17) is 0 Å². The van der Waals surface area contributed by atoms with E-state index in [9.17, 15) is 0 Å². The number of aromatic nitrogens is 2. The van der Waals surface area contributed by atoms with Gasteiger partial charge in [-0.05, 0) is 12.8 Å². The molecule has 4 nitrogen and oxygen atoms in total. The number of nitrogens with zero attached hydrogens (tertiary/aromatic N) is 3. The van der Waals surface area contributed by atoms with Gasteiger partial charge in [-0.15, -0.1) is 0 Å². The number of anilines is 1. The summed E-state index contributed by atoms with van der Waals surface area (Å²) in [4.78, 5) is 6.65. The summed E-state index contributed by atoms with van der Waals surface area (Å²) in [5, 5.41) is 3.49. The van der Waals surface area contributed by atoms with E-state index in [1.807, 2.05) is 12.5 Å². The Morgan fingerprint density at radius 1 is 1.31 bits per heavy atom. The molecule has 0 amide bonds. The van der Waals surface area contributed by atoms with Crippen LogP contribution in [0.3, 0.4) is 0 Å². The van der Waals surface area contributed by atoms with E-state index in [2.05, 4.69) is 32.2 Å². The predicted octanol–water partition coefficient (Wildman–Crippen LogP) is 1.83. The summed E-state index contributed by atoms with van der Waals surface area (Å²) < 4.78 is 2.37. The van der Waals surface area contributed by atoms with E-state index in [0.717, 1.165) is 5.92 Å². The smallest absolute Gasteiger partial charge is 0.134 e. The Kier molecular flexibility index (Phi) is 1.64. The first-order valence-electron chi connectivity index (χ1n) is 6.18. The lowest BCUT2D eigenvalue weighted by atomic mass is 9.81. The second-order valence-corrected chi connectivity index (χ2v) is 5.01. The molecule has 3 heterocycles. The van der Waals surface area contributed by atoms with Gasteiger partial charge in [0.05, 0.1) is 12.5 Å². The molecular formula is C12H16N4. The highest BCUT2D eigenvalue weighted by Gasteiger charge is 2.42. The van der Waals surface area contributed by atoms with E-state index in [-0.39, 0.29) is 0 Å². The van der Waals surface area contributed by atoms with Crippen molar-refractivity contribution in [2.24, 2.45) is 5.92 Å². The highest BCUT2D eigenvalue weighted by atomic mass is 15.4. The number of fused-ring (bicyclic) bond motifs is 6. The van der Waals surface area contributed by atoms with Crippen molar-refractivity contribution in [1.29, 1.82) is 0 Å². The van der Waals surface area contributed by atoms with E-state index < -0.39 is 0 Å². The van der Waals surface area contributed by atoms with Crippen LogP contribution in [0.25, 0.3) is 0 Å². The molecule has 1 aromatic rings. The van der Waals surface area contributed by atoms with Crippen LogP contribution in [0.15, 0.2) is 24.9 Å². The van der Waals surface area contributed by atoms with Crippen LogP contribution in [0.4, 0.5) is 5.82 Å². The minimum Gasteiger partial charge on any atom is -0.369 e. The summed E-state index contributed by atoms with van der Waals surface area (Å²) in [5.41, 5.74) is 0. The Morgan fingerprint density at radius 3 is 3.25 bits per heavy atom. The predicted molar refractivity (Wildman–Crippen MR) is 61.8 cm³/mol. The zero-order chi connectivity index (χ0) is 10.5. The lowest BCUT2D eigenvalue weighted by Gasteiger charge is -2.45. The van der Waals surface area contributed by atoms with Gasteiger partial charge in [-0.2, -0.15) is 0 Å². The van der Waals surface area contributed by atoms with Gasteiger partial charge in [0.25, 0.3) is 0 Å². The summed E-state index contributed by atoms with van der Waals surface area (Å²) in [6.07, 6.45) is 14.0. The quantitative estimate of drug-likeness (QED) is 0.718. The van der Waals surface area contributed by atoms with Gasteiger partial charge >= 0.3 is 0 Å². The zero-order valence-corrected chi connectivity index (χ0v) is 9.21. The van der Waals surface area contributed by atoms with E-state index in [1.54, 1.807) is 0 Å². The molecule has 1 N–H and O–H groups in total. The molecule has 1 aromatic heterocycles. The first-order chi connectivity index (χ1) is 7.95. The van der Waals surface area contributed by atoms with Gasteiger partial charge in [0, 0.05) is 24.4 Å². The van der Waals surface area contributed by atoms with E-state index in [0.29, 0.717) is 12.2 Å². The Bertz CT molecular complexity index is 436. The molecule has 4 rings (SSSR count). The molecule has 3 aliphatic rings. The van der Waals surface area contributed by atoms with E-state index >= 15 is 0 Å². The summed E-state index contributed by atoms with van der Waals surface area (Å²) in [7, 11) is 0. The van der Waals surface area contributed by atoms with Crippen molar-refractivity contribution in [2.75, 3.05) is 4.90 Å². The number of rotatable bonds is 0. The molecule has 3 atom stereocenters. The molecule has 4 heteroatoms. The fourth-order valence-electron chi connectivity index (χ4n) is 3.55. The summed E-state index contributed by atoms with van der Waals surface area (Å²) in [6, 6.07) is 0.653. The van der Waals surface area contributed by atoms with Crippen LogP contribution < -0.4 is 10.2 Å². The van der Waals surface area contributed by atoms with E-state index in [1.165, 1.54) is 31.5 Å². The van der Waals surface area contributed by atoms with Crippen LogP contribution in [0.5, 0.6) is 0 Å². The third kappa shape index (κ3) is 0.970. The highest BCUT2D eigenvalue weighted by molar-refractivity contribution is 5.48. The lowest BCUT2D eigenvalue weighted by Crippen LogP contribution is -2.50. The second kappa shape index (κ2) is 3.03. The fourth-order valence-corrected chi connectivity index (χ4v) is 3.55. The topological polar surface area (TPSA) is 33.1 Å². The van der Waals surface area contributed by atoms with Crippen LogP contribution in [-0.4, -0.2) is 15.7 Å². The van der Waals surface area contributed by atoms with Gasteiger partial charge in [0.15, 0.2) is 0 Å². The molecule has 84 valence electrons. The second-order valence-electron chi connectivity index (χ2n) is 5.01. The number of hydrogen-bond donors (Lipinski definition) is 1. The summed E-state index contributed by atoms with van der Waals surface area (Å²) in [6.45, 7) is 0. The Morgan fingerprint density at radius 2 is 2.25 bits per heavy atom. The SMILES string of the molecule is C1=CN2c3cncn3C3CCCCC3C2N1. The molecule has 1 saturated carbocycles. The molecule has 1 fully saturated rings. The van der Waals surface area contributed by atoms with Crippen molar-refractivity contribution in [1.82, 2.24) is 14.9 Å². The summed E-state index contributed by atoms with van der Waals surface area (Å²) >= 11 is 0. The minimum absolute atomic E-state index is 0.467. The maximum atomic E-state index is 4.31. The van der Waals surface area contributed by atoms with Crippen LogP contribution in [0.2, 0.25) is 0 Å². The molecule has 2 aliphatic heterocycles. The standard InChI is InChI=1S/C12H16N4/c1-2-4-10-9(3-1)12-14-5-6-15(12)11-7-13-8-16(10)11/h5-10,12,14H,1-4H2. The van der Waals surface area contributed by atoms with Crippen LogP contribution >= 0.6 is 0 Å². The van der Waals surface area contributed by atoms with Gasteiger partial charge in [0.1, 0.15) is 12.0 Å². The molecule has 0 aromatic carbocycles. The molecule has 0 saturated heterocycles. The van der Waals surface area contributed by atoms with Crippen molar-refractivity contribution in [3.63, 3.8) is 0 Å². The van der Waals surface area contributed by atoms with Crippen molar-refractivity contribution in [2.45, 2.75) is 37.9 Å². The largest absolute Gasteiger partial charge is 0.369 e. The molecule has 0 bridgehead atoms. The Hall–Kier alpha value is -1.45. The molecule has 1 aliphatic carbocycles. The number of imidazole rings is 1. The Labute approximate surface area is 95.0 Å². The first-order valence-corrected chi connectivity index (χ1v) is 6.18. The van der Waals surface area contributed by atoms with Gasteiger partial charge in [0.2, 0.25) is 0 Å². The van der Waals surface area contributed by atoms with Crippen molar-refractivity contribution in [3.05, 3.63) is 24.9 Å². The third-order valence-corrected chi connectivity index (χ3v) is 4.26. The molecular weight excluding hydrogens is 200 g/mol. The summed E-state index contributed by atoms with van der Waals surface area (Å²) in [5.74, 6) is 1.97. The fraction of sp³-hybridized carbons (Fsp3) is 0.583. The normalized spacial score (nSPS) is 35.2. The molecule has 0 radical (unpaired) electrons.